The number of ether oxygens (including phenoxy) is 1. The Balaban J connectivity index is 1.73. The summed E-state index contributed by atoms with van der Waals surface area (Å²) < 4.78 is 5.74. The Bertz CT molecular complexity index is 774. The van der Waals surface area contributed by atoms with E-state index in [2.05, 4.69) is 10.3 Å². The third-order valence-corrected chi connectivity index (χ3v) is 3.32. The molecule has 0 aliphatic rings. The maximum Gasteiger partial charge on any atom is 0.256 e. The van der Waals surface area contributed by atoms with Crippen molar-refractivity contribution in [1.29, 1.82) is 0 Å². The summed E-state index contributed by atoms with van der Waals surface area (Å²) in [6.07, 6.45) is 3.28. The van der Waals surface area contributed by atoms with E-state index in [4.69, 9.17) is 4.74 Å². The van der Waals surface area contributed by atoms with Crippen LogP contribution in [0.3, 0.4) is 0 Å². The molecule has 1 aromatic heterocycles. The van der Waals surface area contributed by atoms with Crippen molar-refractivity contribution in [3.05, 3.63) is 90.3 Å². The zero-order valence-corrected chi connectivity index (χ0v) is 12.5. The van der Waals surface area contributed by atoms with Crippen LogP contribution in [0.1, 0.15) is 15.9 Å². The summed E-state index contributed by atoms with van der Waals surface area (Å²) in [6.45, 7) is 0.334. The molecule has 4 heteroatoms. The second-order valence-corrected chi connectivity index (χ2v) is 4.95. The minimum Gasteiger partial charge on any atom is -0.489 e. The van der Waals surface area contributed by atoms with E-state index < -0.39 is 0 Å². The summed E-state index contributed by atoms with van der Waals surface area (Å²) in [6, 6.07) is 20.5. The number of rotatable bonds is 5. The van der Waals surface area contributed by atoms with Crippen LogP contribution < -0.4 is 10.1 Å². The first-order valence-electron chi connectivity index (χ1n) is 7.30. The fraction of sp³-hybridized carbons (Fsp3) is 0.0526. The number of hydrogen-bond acceptors (Lipinski definition) is 3. The van der Waals surface area contributed by atoms with Gasteiger partial charge in [0.25, 0.3) is 5.91 Å². The Morgan fingerprint density at radius 1 is 0.957 bits per heavy atom. The molecule has 2 aromatic carbocycles. The number of carbonyl (C=O) groups is 1. The fourth-order valence-electron chi connectivity index (χ4n) is 2.18. The summed E-state index contributed by atoms with van der Waals surface area (Å²) in [7, 11) is 0. The molecular weight excluding hydrogens is 288 g/mol. The SMILES string of the molecule is O=C(Nc1cccnc1)c1ccccc1COc1ccccc1. The normalized spacial score (nSPS) is 10.1. The van der Waals surface area contributed by atoms with E-state index >= 15 is 0 Å². The van der Waals surface area contributed by atoms with Gasteiger partial charge in [-0.05, 0) is 30.3 Å². The highest BCUT2D eigenvalue weighted by molar-refractivity contribution is 6.05. The van der Waals surface area contributed by atoms with E-state index in [1.165, 1.54) is 0 Å². The number of para-hydroxylation sites is 1. The Hall–Kier alpha value is -3.14. The number of anilines is 1. The van der Waals surface area contributed by atoms with Gasteiger partial charge in [-0.2, -0.15) is 0 Å². The molecule has 0 aliphatic heterocycles. The molecule has 0 saturated heterocycles. The van der Waals surface area contributed by atoms with Gasteiger partial charge in [-0.1, -0.05) is 36.4 Å². The number of amides is 1. The predicted octanol–water partition coefficient (Wildman–Crippen LogP) is 3.91. The molecule has 1 heterocycles. The molecular formula is C19H16N2O2. The quantitative estimate of drug-likeness (QED) is 0.777. The van der Waals surface area contributed by atoms with E-state index in [-0.39, 0.29) is 5.91 Å². The summed E-state index contributed by atoms with van der Waals surface area (Å²) in [5.74, 6) is 0.597. The highest BCUT2D eigenvalue weighted by Gasteiger charge is 2.11. The number of aromatic nitrogens is 1. The van der Waals surface area contributed by atoms with Gasteiger partial charge in [0.15, 0.2) is 0 Å². The van der Waals surface area contributed by atoms with Crippen LogP contribution in [0, 0.1) is 0 Å². The van der Waals surface area contributed by atoms with Gasteiger partial charge in [0, 0.05) is 17.3 Å². The Morgan fingerprint density at radius 3 is 2.52 bits per heavy atom. The van der Waals surface area contributed by atoms with Gasteiger partial charge in [0.05, 0.1) is 11.9 Å². The lowest BCUT2D eigenvalue weighted by Gasteiger charge is -2.11. The van der Waals surface area contributed by atoms with Crippen LogP contribution in [0.15, 0.2) is 79.1 Å². The topological polar surface area (TPSA) is 51.2 Å². The maximum atomic E-state index is 12.5. The van der Waals surface area contributed by atoms with Crippen molar-refractivity contribution >= 4 is 11.6 Å². The minimum atomic E-state index is -0.176. The smallest absolute Gasteiger partial charge is 0.256 e. The van der Waals surface area contributed by atoms with Crippen molar-refractivity contribution in [1.82, 2.24) is 4.98 Å². The molecule has 0 radical (unpaired) electrons. The monoisotopic (exact) mass is 304 g/mol. The van der Waals surface area contributed by atoms with Crippen molar-refractivity contribution in [2.24, 2.45) is 0 Å². The lowest BCUT2D eigenvalue weighted by Crippen LogP contribution is -2.15. The number of carbonyl (C=O) groups excluding carboxylic acids is 1. The van der Waals surface area contributed by atoms with Gasteiger partial charge in [0.2, 0.25) is 0 Å². The highest BCUT2D eigenvalue weighted by atomic mass is 16.5. The average molecular weight is 304 g/mol. The second kappa shape index (κ2) is 7.22. The first-order chi connectivity index (χ1) is 11.3. The summed E-state index contributed by atoms with van der Waals surface area (Å²) in [4.78, 5) is 16.4. The van der Waals surface area contributed by atoms with Crippen LogP contribution in [-0.4, -0.2) is 10.9 Å². The number of pyridine rings is 1. The van der Waals surface area contributed by atoms with Crippen molar-refractivity contribution in [3.8, 4) is 5.75 Å². The van der Waals surface area contributed by atoms with Crippen LogP contribution in [0.25, 0.3) is 0 Å². The highest BCUT2D eigenvalue weighted by Crippen LogP contribution is 2.16. The van der Waals surface area contributed by atoms with E-state index in [1.807, 2.05) is 48.5 Å². The van der Waals surface area contributed by atoms with Crippen molar-refractivity contribution in [2.75, 3.05) is 5.32 Å². The first-order valence-corrected chi connectivity index (χ1v) is 7.30. The van der Waals surface area contributed by atoms with Gasteiger partial charge in [-0.3, -0.25) is 9.78 Å². The van der Waals surface area contributed by atoms with Crippen LogP contribution in [0.5, 0.6) is 5.75 Å². The van der Waals surface area contributed by atoms with E-state index in [0.717, 1.165) is 11.3 Å². The zero-order chi connectivity index (χ0) is 15.9. The third-order valence-electron chi connectivity index (χ3n) is 3.32. The second-order valence-electron chi connectivity index (χ2n) is 4.95. The van der Waals surface area contributed by atoms with E-state index in [0.29, 0.717) is 17.9 Å². The van der Waals surface area contributed by atoms with Crippen molar-refractivity contribution in [3.63, 3.8) is 0 Å². The molecule has 0 saturated carbocycles. The van der Waals surface area contributed by atoms with E-state index in [1.54, 1.807) is 30.6 Å². The molecule has 0 atom stereocenters. The molecule has 1 N–H and O–H groups in total. The van der Waals surface area contributed by atoms with Crippen LogP contribution in [0.4, 0.5) is 5.69 Å². The molecule has 1 amide bonds. The number of benzene rings is 2. The average Bonchev–Trinajstić information content (AvgIpc) is 2.62. The Labute approximate surface area is 134 Å². The van der Waals surface area contributed by atoms with Crippen molar-refractivity contribution in [2.45, 2.75) is 6.61 Å². The standard InChI is InChI=1S/C19H16N2O2/c22-19(21-16-8-6-12-20-13-16)18-11-5-4-7-15(18)14-23-17-9-2-1-3-10-17/h1-13H,14H2,(H,21,22). The summed E-state index contributed by atoms with van der Waals surface area (Å²) >= 11 is 0. The van der Waals surface area contributed by atoms with Crippen molar-refractivity contribution < 1.29 is 9.53 Å². The third kappa shape index (κ3) is 3.95. The molecule has 3 rings (SSSR count). The molecule has 0 fully saturated rings. The molecule has 114 valence electrons. The fourth-order valence-corrected chi connectivity index (χ4v) is 2.18. The molecule has 0 bridgehead atoms. The van der Waals surface area contributed by atoms with Crippen LogP contribution in [-0.2, 0) is 6.61 Å². The Kier molecular flexibility index (Phi) is 4.64. The van der Waals surface area contributed by atoms with Gasteiger partial charge >= 0.3 is 0 Å². The summed E-state index contributed by atoms with van der Waals surface area (Å²) in [5, 5.41) is 2.84. The number of nitrogens with one attached hydrogen (secondary N) is 1. The maximum absolute atomic E-state index is 12.5. The van der Waals surface area contributed by atoms with Crippen LogP contribution in [0.2, 0.25) is 0 Å². The molecule has 23 heavy (non-hydrogen) atoms. The first kappa shape index (κ1) is 14.8. The van der Waals surface area contributed by atoms with E-state index in [9.17, 15) is 4.79 Å². The largest absolute Gasteiger partial charge is 0.489 e. The lowest BCUT2D eigenvalue weighted by atomic mass is 10.1. The van der Waals surface area contributed by atoms with Gasteiger partial charge in [-0.25, -0.2) is 0 Å². The lowest BCUT2D eigenvalue weighted by molar-refractivity contribution is 0.102. The zero-order valence-electron chi connectivity index (χ0n) is 12.5. The molecule has 0 spiro atoms. The minimum absolute atomic E-state index is 0.176. The van der Waals surface area contributed by atoms with Crippen LogP contribution >= 0.6 is 0 Å². The predicted molar refractivity (Wildman–Crippen MR) is 89.4 cm³/mol. The number of nitrogens with zero attached hydrogens (tertiary/aromatic N) is 1. The number of hydrogen-bond donors (Lipinski definition) is 1. The molecule has 0 unspecified atom stereocenters. The molecule has 3 aromatic rings. The van der Waals surface area contributed by atoms with Gasteiger partial charge in [-0.15, -0.1) is 0 Å². The molecule has 0 aliphatic carbocycles. The Morgan fingerprint density at radius 2 is 1.74 bits per heavy atom. The van der Waals surface area contributed by atoms with Gasteiger partial charge in [0.1, 0.15) is 12.4 Å². The summed E-state index contributed by atoms with van der Waals surface area (Å²) in [5.41, 5.74) is 2.08. The molecule has 4 nitrogen and oxygen atoms in total. The van der Waals surface area contributed by atoms with Gasteiger partial charge < -0.3 is 10.1 Å².